The number of unbranched alkanes of at least 4 members (excludes halogenated alkanes) is 2. The predicted octanol–water partition coefficient (Wildman–Crippen LogP) is 5.27. The van der Waals surface area contributed by atoms with E-state index >= 15 is 0 Å². The number of phenols is 3. The molecule has 188 valence electrons. The van der Waals surface area contributed by atoms with Gasteiger partial charge < -0.3 is 10.2 Å². The first-order chi connectivity index (χ1) is 16.1. The van der Waals surface area contributed by atoms with E-state index in [2.05, 4.69) is 13.8 Å². The molecule has 0 aliphatic carbocycles. The van der Waals surface area contributed by atoms with Gasteiger partial charge in [0.2, 0.25) is 0 Å². The van der Waals surface area contributed by atoms with Crippen molar-refractivity contribution in [3.63, 3.8) is 0 Å². The molecule has 6 nitrogen and oxygen atoms in total. The van der Waals surface area contributed by atoms with Gasteiger partial charge in [0, 0.05) is 0 Å². The van der Waals surface area contributed by atoms with Gasteiger partial charge in [-0.25, -0.2) is 0 Å². The van der Waals surface area contributed by atoms with Crippen LogP contribution >= 0.6 is 7.94 Å². The van der Waals surface area contributed by atoms with E-state index < -0.39 is 7.94 Å². The molecule has 0 aliphatic heterocycles. The molecule has 0 heterocycles. The molecule has 34 heavy (non-hydrogen) atoms. The van der Waals surface area contributed by atoms with E-state index in [4.69, 9.17) is 10.2 Å². The molecule has 0 aliphatic rings. The van der Waals surface area contributed by atoms with Crippen molar-refractivity contribution in [3.05, 3.63) is 83.4 Å². The molecule has 7 heteroatoms. The van der Waals surface area contributed by atoms with Crippen molar-refractivity contribution in [2.45, 2.75) is 59.3 Å². The normalized spacial score (nSPS) is 11.0. The van der Waals surface area contributed by atoms with Gasteiger partial charge in [0.25, 0.3) is 0 Å². The average Bonchev–Trinajstić information content (AvgIpc) is 2.80. The van der Waals surface area contributed by atoms with Crippen LogP contribution in [0.2, 0.25) is 0 Å². The van der Waals surface area contributed by atoms with Gasteiger partial charge >= 0.3 is 121 Å². The zero-order chi connectivity index (χ0) is 25.6. The summed E-state index contributed by atoms with van der Waals surface area (Å²) in [6.07, 6.45) is 5.12. The van der Waals surface area contributed by atoms with Gasteiger partial charge in [-0.3, -0.25) is 0 Å². The quantitative estimate of drug-likeness (QED) is 0.251. The van der Waals surface area contributed by atoms with Gasteiger partial charge in [-0.1, -0.05) is 36.4 Å². The van der Waals surface area contributed by atoms with Crippen molar-refractivity contribution < 1.29 is 30.0 Å². The van der Waals surface area contributed by atoms with E-state index in [0.29, 0.717) is 29.9 Å². The Bertz CT molecular complexity index is 919. The number of benzene rings is 3. The third-order valence-electron chi connectivity index (χ3n) is 5.14. The van der Waals surface area contributed by atoms with Crippen molar-refractivity contribution in [1.29, 1.82) is 0 Å². The molecule has 3 rings (SSSR count). The van der Waals surface area contributed by atoms with Crippen molar-refractivity contribution in [2.24, 2.45) is 0 Å². The molecule has 0 saturated heterocycles. The van der Waals surface area contributed by atoms with Crippen LogP contribution in [0.1, 0.15) is 56.2 Å². The third-order valence-corrected chi connectivity index (χ3v) is 6.31. The molecule has 3 aromatic rings. The minimum absolute atomic E-state index is 0.228. The Kier molecular flexibility index (Phi) is 13.2. The summed E-state index contributed by atoms with van der Waals surface area (Å²) >= 11 is 0. The second-order valence-electron chi connectivity index (χ2n) is 8.06. The molecule has 0 radical (unpaired) electrons. The fourth-order valence-electron chi connectivity index (χ4n) is 3.33. The van der Waals surface area contributed by atoms with E-state index in [0.717, 1.165) is 36.8 Å². The van der Waals surface area contributed by atoms with Crippen LogP contribution in [-0.4, -0.2) is 30.0 Å². The number of hydrogen-bond acceptors (Lipinski definition) is 6. The Morgan fingerprint density at radius 3 is 1.38 bits per heavy atom. The molecule has 0 atom stereocenters. The molecule has 0 saturated carbocycles. The number of rotatable bonds is 7. The molecule has 6 N–H and O–H groups in total. The van der Waals surface area contributed by atoms with Crippen LogP contribution in [0.25, 0.3) is 0 Å². The summed E-state index contributed by atoms with van der Waals surface area (Å²) in [5, 5.41) is 27.8. The fourth-order valence-corrected chi connectivity index (χ4v) is 4.42. The number of hydrogen-bond donors (Lipinski definition) is 6. The van der Waals surface area contributed by atoms with Crippen LogP contribution in [0.3, 0.4) is 0 Å². The number of aryl methyl sites for hydroxylation is 1. The largest absolute Gasteiger partial charge is 0.508 e. The van der Waals surface area contributed by atoms with Gasteiger partial charge in [-0.05, 0) is 24.3 Å². The van der Waals surface area contributed by atoms with Crippen molar-refractivity contribution in [3.8, 4) is 17.2 Å². The SMILES string of the molecule is CCCCc1c([PH](O)(O)O)cc(C)c(O)c1CCCC.Oc1ccccc1.Oc1ccccc1. The Hall–Kier alpha value is -2.63. The number of phenolic OH excluding ortho intramolecular Hbond substituents is 3. The van der Waals surface area contributed by atoms with Gasteiger partial charge in [0.1, 0.15) is 11.5 Å². The van der Waals surface area contributed by atoms with E-state index in [1.54, 1.807) is 55.5 Å². The first-order valence-electron chi connectivity index (χ1n) is 11.6. The molecule has 0 bridgehead atoms. The van der Waals surface area contributed by atoms with Crippen molar-refractivity contribution >= 4 is 13.2 Å². The first-order valence-corrected chi connectivity index (χ1v) is 13.5. The zero-order valence-corrected chi connectivity index (χ0v) is 21.3. The summed E-state index contributed by atoms with van der Waals surface area (Å²) in [5.74, 6) is 0.872. The number of aromatic hydroxyl groups is 3. The Morgan fingerprint density at radius 2 is 1.06 bits per heavy atom. The van der Waals surface area contributed by atoms with E-state index in [1.165, 1.54) is 6.07 Å². The predicted molar refractivity (Wildman–Crippen MR) is 141 cm³/mol. The maximum Gasteiger partial charge on any atom is 0.115 e. The average molecular weight is 491 g/mol. The van der Waals surface area contributed by atoms with Crippen LogP contribution in [0.5, 0.6) is 17.2 Å². The Balaban J connectivity index is 0.000000331. The fraction of sp³-hybridized carbons (Fsp3) is 0.333. The standard InChI is InChI=1S/C15H27O4P.2C6H6O/c1-4-6-8-12-13(9-7-5-2)15(16)11(3)10-14(12)20(17,18)19;2*7-6-4-2-1-3-5-6/h10,16-20H,4-9H2,1-3H3;2*1-5,7H. The van der Waals surface area contributed by atoms with E-state index in [9.17, 15) is 19.8 Å². The molecule has 0 amide bonds. The van der Waals surface area contributed by atoms with Crippen LogP contribution < -0.4 is 5.30 Å². The summed E-state index contributed by atoms with van der Waals surface area (Å²) in [5.41, 5.74) is 2.08. The Morgan fingerprint density at radius 1 is 0.647 bits per heavy atom. The molecule has 0 unspecified atom stereocenters. The minimum atomic E-state index is -4.36. The summed E-state index contributed by atoms with van der Waals surface area (Å²) < 4.78 is 0. The topological polar surface area (TPSA) is 121 Å². The summed E-state index contributed by atoms with van der Waals surface area (Å²) in [4.78, 5) is 29.1. The maximum atomic E-state index is 10.3. The molecule has 3 aromatic carbocycles. The van der Waals surface area contributed by atoms with Crippen molar-refractivity contribution in [2.75, 3.05) is 0 Å². The van der Waals surface area contributed by atoms with E-state index in [1.807, 2.05) is 12.1 Å². The summed E-state index contributed by atoms with van der Waals surface area (Å²) in [6.45, 7) is 5.85. The monoisotopic (exact) mass is 490 g/mol. The molecule has 0 aromatic heterocycles. The summed E-state index contributed by atoms with van der Waals surface area (Å²) in [7, 11) is -4.36. The van der Waals surface area contributed by atoms with E-state index in [-0.39, 0.29) is 11.1 Å². The van der Waals surface area contributed by atoms with Crippen molar-refractivity contribution in [1.82, 2.24) is 0 Å². The van der Waals surface area contributed by atoms with Gasteiger partial charge in [0.15, 0.2) is 0 Å². The molecular weight excluding hydrogens is 451 g/mol. The minimum Gasteiger partial charge on any atom is -0.508 e. The van der Waals surface area contributed by atoms with Crippen LogP contribution in [0.15, 0.2) is 66.7 Å². The van der Waals surface area contributed by atoms with Gasteiger partial charge in [-0.15, -0.1) is 0 Å². The zero-order valence-electron chi connectivity index (χ0n) is 20.3. The molecule has 0 fully saturated rings. The van der Waals surface area contributed by atoms with Gasteiger partial charge in [0.05, 0.1) is 0 Å². The second-order valence-corrected chi connectivity index (χ2v) is 9.87. The van der Waals surface area contributed by atoms with Crippen LogP contribution in [0, 0.1) is 6.92 Å². The Labute approximate surface area is 203 Å². The molecular formula is C27H39O6P. The second kappa shape index (κ2) is 15.3. The van der Waals surface area contributed by atoms with Crippen LogP contribution in [-0.2, 0) is 12.8 Å². The maximum absolute atomic E-state index is 10.3. The van der Waals surface area contributed by atoms with Crippen LogP contribution in [0.4, 0.5) is 0 Å². The first kappa shape index (κ1) is 29.4. The number of para-hydroxylation sites is 2. The smallest absolute Gasteiger partial charge is 0.115 e. The molecule has 0 spiro atoms. The summed E-state index contributed by atoms with van der Waals surface area (Å²) in [6, 6.07) is 18.9. The van der Waals surface area contributed by atoms with Gasteiger partial charge in [-0.2, -0.15) is 0 Å². The third kappa shape index (κ3) is 10.5.